The highest BCUT2D eigenvalue weighted by atomic mass is 16.6. The van der Waals surface area contributed by atoms with E-state index in [9.17, 15) is 14.7 Å². The van der Waals surface area contributed by atoms with Crippen molar-refractivity contribution in [2.24, 2.45) is 0 Å². The maximum atomic E-state index is 12.4. The molecule has 0 spiro atoms. The normalized spacial score (nSPS) is 13.7. The summed E-state index contributed by atoms with van der Waals surface area (Å²) >= 11 is 0. The Balaban J connectivity index is 3.63. The number of hydrogen-bond acceptors (Lipinski definition) is 5. The van der Waals surface area contributed by atoms with E-state index in [1.807, 2.05) is 0 Å². The van der Waals surface area contributed by atoms with Gasteiger partial charge in [0.2, 0.25) is 0 Å². The van der Waals surface area contributed by atoms with Crippen LogP contribution < -0.4 is 0 Å². The third-order valence-electron chi connectivity index (χ3n) is 14.5. The van der Waals surface area contributed by atoms with Gasteiger partial charge in [0.15, 0.2) is 6.10 Å². The van der Waals surface area contributed by atoms with Gasteiger partial charge in [0.25, 0.3) is 0 Å². The van der Waals surface area contributed by atoms with Gasteiger partial charge in [-0.25, -0.2) is 0 Å². The molecule has 1 atom stereocenters. The van der Waals surface area contributed by atoms with Crippen LogP contribution in [0.3, 0.4) is 0 Å². The molecule has 1 N–H and O–H groups in total. The van der Waals surface area contributed by atoms with Crippen molar-refractivity contribution >= 4 is 11.9 Å². The van der Waals surface area contributed by atoms with Gasteiger partial charge >= 0.3 is 11.9 Å². The van der Waals surface area contributed by atoms with Crippen molar-refractivity contribution in [2.75, 3.05) is 13.2 Å². The second-order valence-corrected chi connectivity index (χ2v) is 22.8. The van der Waals surface area contributed by atoms with Crippen molar-refractivity contribution in [3.05, 3.63) is 231 Å². The van der Waals surface area contributed by atoms with Crippen LogP contribution in [0.4, 0.5) is 0 Å². The molecule has 0 bridgehead atoms. The monoisotopic (exact) mass is 1230 g/mol. The first-order chi connectivity index (χ1) is 44.6. The summed E-state index contributed by atoms with van der Waals surface area (Å²) in [4.78, 5) is 24.7. The lowest BCUT2D eigenvalue weighted by Crippen LogP contribution is -2.28. The van der Waals surface area contributed by atoms with Gasteiger partial charge in [-0.1, -0.05) is 328 Å². The minimum absolute atomic E-state index is 0.0937. The summed E-state index contributed by atoms with van der Waals surface area (Å²) in [6.07, 6.45) is 126. The molecule has 0 amide bonds. The summed E-state index contributed by atoms with van der Waals surface area (Å²) in [5.41, 5.74) is 0. The fourth-order valence-electron chi connectivity index (χ4n) is 9.16. The van der Waals surface area contributed by atoms with E-state index in [-0.39, 0.29) is 25.2 Å². The Labute approximate surface area is 554 Å². The van der Waals surface area contributed by atoms with Gasteiger partial charge in [-0.2, -0.15) is 0 Å². The van der Waals surface area contributed by atoms with Crippen LogP contribution in [0, 0.1) is 0 Å². The molecule has 0 rings (SSSR count). The number of carbonyl (C=O) groups is 2. The van der Waals surface area contributed by atoms with E-state index >= 15 is 0 Å². The molecule has 5 nitrogen and oxygen atoms in total. The molecule has 0 aromatic rings. The topological polar surface area (TPSA) is 72.8 Å². The number of esters is 2. The van der Waals surface area contributed by atoms with Crippen LogP contribution in [0.15, 0.2) is 231 Å². The third kappa shape index (κ3) is 74.4. The van der Waals surface area contributed by atoms with E-state index in [0.717, 1.165) is 167 Å². The number of unbranched alkanes of at least 4 members (excludes halogenated alkanes) is 17. The Kier molecular flexibility index (Phi) is 72.0. The molecule has 0 aliphatic carbocycles. The third-order valence-corrected chi connectivity index (χ3v) is 14.5. The Morgan fingerprint density at radius 1 is 0.256 bits per heavy atom. The zero-order valence-corrected chi connectivity index (χ0v) is 57.3. The summed E-state index contributed by atoms with van der Waals surface area (Å²) in [6, 6.07) is 0. The van der Waals surface area contributed by atoms with Crippen LogP contribution >= 0.6 is 0 Å². The lowest BCUT2D eigenvalue weighted by molar-refractivity contribution is -0.161. The molecule has 90 heavy (non-hydrogen) atoms. The molecule has 0 aromatic carbocycles. The molecule has 0 aliphatic heterocycles. The van der Waals surface area contributed by atoms with Crippen molar-refractivity contribution in [3.8, 4) is 0 Å². The van der Waals surface area contributed by atoms with Crippen LogP contribution in [0.5, 0.6) is 0 Å². The Morgan fingerprint density at radius 2 is 0.444 bits per heavy atom. The van der Waals surface area contributed by atoms with Crippen molar-refractivity contribution < 1.29 is 24.2 Å². The predicted octanol–water partition coefficient (Wildman–Crippen LogP) is 25.6. The molecular formula is C85H130O5. The van der Waals surface area contributed by atoms with E-state index < -0.39 is 6.10 Å². The number of hydrogen-bond donors (Lipinski definition) is 1. The number of rotatable bonds is 63. The molecule has 500 valence electrons. The molecule has 0 saturated carbocycles. The lowest BCUT2D eigenvalue weighted by atomic mass is 10.0. The van der Waals surface area contributed by atoms with E-state index in [4.69, 9.17) is 9.47 Å². The number of carbonyl (C=O) groups excluding carboxylic acids is 2. The van der Waals surface area contributed by atoms with Gasteiger partial charge in [-0.3, -0.25) is 9.59 Å². The van der Waals surface area contributed by atoms with E-state index in [1.54, 1.807) is 0 Å². The Hall–Kier alpha value is -6.04. The Bertz CT molecular complexity index is 2180. The fraction of sp³-hybridized carbons (Fsp3) is 0.529. The first kappa shape index (κ1) is 84.0. The first-order valence-corrected chi connectivity index (χ1v) is 35.9. The highest BCUT2D eigenvalue weighted by Gasteiger charge is 2.16. The van der Waals surface area contributed by atoms with Crippen LogP contribution in [0.25, 0.3) is 0 Å². The zero-order valence-electron chi connectivity index (χ0n) is 57.3. The minimum Gasteiger partial charge on any atom is -0.462 e. The van der Waals surface area contributed by atoms with Gasteiger partial charge in [0.05, 0.1) is 6.61 Å². The molecule has 0 fully saturated rings. The summed E-state index contributed by atoms with van der Waals surface area (Å²) in [5.74, 6) is -0.643. The molecule has 0 saturated heterocycles. The summed E-state index contributed by atoms with van der Waals surface area (Å²) in [5, 5.41) is 9.70. The van der Waals surface area contributed by atoms with E-state index in [0.29, 0.717) is 12.8 Å². The summed E-state index contributed by atoms with van der Waals surface area (Å²) < 4.78 is 10.7. The summed E-state index contributed by atoms with van der Waals surface area (Å²) in [7, 11) is 0. The molecular weight excluding hydrogens is 1100 g/mol. The molecule has 0 aliphatic rings. The maximum absolute atomic E-state index is 12.4. The smallest absolute Gasteiger partial charge is 0.306 e. The predicted molar refractivity (Wildman–Crippen MR) is 398 cm³/mol. The first-order valence-electron chi connectivity index (χ1n) is 35.9. The highest BCUT2D eigenvalue weighted by Crippen LogP contribution is 2.15. The van der Waals surface area contributed by atoms with Crippen LogP contribution in [-0.4, -0.2) is 36.4 Å². The SMILES string of the molecule is CC/C=C\C/C=C\C/C=C\C/C=C\C/C=C\C/C=C\C/C=C\C/C=C\C/C=C\C/C=C\C/C=C\CCCCCC(=O)OC(CO)COC(=O)CCCCCCCCCCCCCCCC/C=C\C/C=C\C/C=C\C/C=C\C/C=C\C/C=C\C/C=C\C/C=C\CC. The molecule has 0 radical (unpaired) electrons. The minimum atomic E-state index is -0.809. The number of aliphatic hydroxyl groups is 1. The second-order valence-electron chi connectivity index (χ2n) is 22.8. The average Bonchev–Trinajstić information content (AvgIpc) is 3.62. The number of allylic oxidation sites excluding steroid dienone is 38. The quantitative estimate of drug-likeness (QED) is 0.0373. The molecule has 1 unspecified atom stereocenters. The molecule has 5 heteroatoms. The van der Waals surface area contributed by atoms with Gasteiger partial charge in [0.1, 0.15) is 6.61 Å². The van der Waals surface area contributed by atoms with E-state index in [1.165, 1.54) is 77.0 Å². The van der Waals surface area contributed by atoms with Crippen LogP contribution in [0.2, 0.25) is 0 Å². The van der Waals surface area contributed by atoms with Crippen molar-refractivity contribution in [3.63, 3.8) is 0 Å². The van der Waals surface area contributed by atoms with Gasteiger partial charge in [0, 0.05) is 12.8 Å². The average molecular weight is 1230 g/mol. The Morgan fingerprint density at radius 3 is 0.678 bits per heavy atom. The maximum Gasteiger partial charge on any atom is 0.306 e. The fourth-order valence-corrected chi connectivity index (χ4v) is 9.16. The molecule has 0 aromatic heterocycles. The lowest BCUT2D eigenvalue weighted by Gasteiger charge is -2.15. The summed E-state index contributed by atoms with van der Waals surface area (Å²) in [6.45, 7) is 3.88. The van der Waals surface area contributed by atoms with Gasteiger partial charge in [-0.05, 0) is 161 Å². The molecule has 0 heterocycles. The van der Waals surface area contributed by atoms with Crippen LogP contribution in [-0.2, 0) is 19.1 Å². The van der Waals surface area contributed by atoms with Crippen molar-refractivity contribution in [2.45, 2.75) is 277 Å². The standard InChI is InChI=1S/C85H130O5/c1-3-5-7-9-11-13-15-17-19-21-23-25-27-29-31-33-35-37-39-41-42-44-45-47-49-51-53-55-57-59-61-63-65-67-69-71-73-75-77-79-84(87)89-82-83(81-86)90-85(88)80-78-76-74-72-70-68-66-64-62-60-58-56-54-52-50-48-46-43-40-38-36-34-32-30-28-26-24-22-20-18-16-14-12-10-8-6-4-2/h5-8,11-14,17-20,23-26,29-32,35-38,41-43,45-47,50,52,56,58,62,64,68,70,83,86H,3-4,9-10,15-16,21-22,27-28,33-34,39-40,44,48-49,51,53-55,57,59-61,63,65-67,69,71-82H2,1-2H3/b7-5-,8-6-,13-11-,14-12-,19-17-,20-18-,25-23-,26-24-,31-29-,32-30-,37-35-,38-36-,42-41-,46-43-,47-45-,52-50-,58-56-,64-62-,70-68-. The van der Waals surface area contributed by atoms with Gasteiger partial charge in [-0.15, -0.1) is 0 Å². The van der Waals surface area contributed by atoms with Crippen molar-refractivity contribution in [1.82, 2.24) is 0 Å². The number of ether oxygens (including phenoxy) is 2. The highest BCUT2D eigenvalue weighted by molar-refractivity contribution is 5.70. The van der Waals surface area contributed by atoms with Crippen molar-refractivity contribution in [1.29, 1.82) is 0 Å². The van der Waals surface area contributed by atoms with Gasteiger partial charge < -0.3 is 14.6 Å². The second kappa shape index (κ2) is 77.2. The van der Waals surface area contributed by atoms with E-state index in [2.05, 4.69) is 245 Å². The number of aliphatic hydroxyl groups excluding tert-OH is 1. The largest absolute Gasteiger partial charge is 0.462 e. The zero-order chi connectivity index (χ0) is 64.7. The van der Waals surface area contributed by atoms with Crippen LogP contribution in [0.1, 0.15) is 271 Å².